The number of hydrogen-bond acceptors (Lipinski definition) is 4. The number of carbonyl (C=O) groups excluding carboxylic acids is 2. The molecule has 112 valence electrons. The molecule has 1 aromatic rings. The van der Waals surface area contributed by atoms with Gasteiger partial charge in [-0.3, -0.25) is 10.1 Å². The van der Waals surface area contributed by atoms with E-state index in [4.69, 9.17) is 5.73 Å². The predicted octanol–water partition coefficient (Wildman–Crippen LogP) is 1.83. The quantitative estimate of drug-likeness (QED) is 0.811. The van der Waals surface area contributed by atoms with E-state index in [2.05, 4.69) is 28.7 Å². The van der Waals surface area contributed by atoms with Crippen LogP contribution in [0.2, 0.25) is 0 Å². The number of thioether (sulfide) groups is 1. The van der Waals surface area contributed by atoms with Crippen LogP contribution in [0, 0.1) is 19.8 Å². The molecule has 3 N–H and O–H groups in total. The fourth-order valence-electron chi connectivity index (χ4n) is 1.73. The highest BCUT2D eigenvalue weighted by Crippen LogP contribution is 2.26. The van der Waals surface area contributed by atoms with Crippen LogP contribution < -0.4 is 11.1 Å². The van der Waals surface area contributed by atoms with Crippen molar-refractivity contribution in [3.8, 4) is 0 Å². The molecule has 0 aliphatic heterocycles. The fourth-order valence-corrected chi connectivity index (χ4v) is 2.74. The average molecular weight is 298 g/mol. The van der Waals surface area contributed by atoms with E-state index in [9.17, 15) is 9.59 Å². The Morgan fingerprint density at radius 2 is 1.95 bits per heavy atom. The van der Waals surface area contributed by atoms with Gasteiger partial charge < -0.3 is 10.3 Å². The highest BCUT2D eigenvalue weighted by Gasteiger charge is 2.20. The number of aromatic nitrogens is 2. The second-order valence-electron chi connectivity index (χ2n) is 5.18. The number of urea groups is 1. The summed E-state index contributed by atoms with van der Waals surface area (Å²) in [4.78, 5) is 26.9. The summed E-state index contributed by atoms with van der Waals surface area (Å²) in [6, 6.07) is -0.833. The molecule has 0 spiro atoms. The summed E-state index contributed by atoms with van der Waals surface area (Å²) in [5.74, 6) is 0.0771. The number of nitrogens with zero attached hydrogens (tertiary/aromatic N) is 2. The maximum Gasteiger partial charge on any atom is 0.318 e. The Labute approximate surface area is 123 Å². The number of nitrogens with two attached hydrogens (primary N) is 1. The molecule has 7 heteroatoms. The SMILES string of the molecule is Cc1nc(S[C@H](C)C(=O)NC(N)=O)n(CC(C)C)c1C. The van der Waals surface area contributed by atoms with Crippen LogP contribution in [0.15, 0.2) is 5.16 Å². The standard InChI is InChI=1S/C13H22N4O2S/c1-7(2)6-17-9(4)8(3)15-13(17)20-10(5)11(18)16-12(14)19/h7,10H,6H2,1-5H3,(H3,14,16,18,19)/t10-/m1/s1. The zero-order valence-electron chi connectivity index (χ0n) is 12.6. The number of amides is 3. The number of nitrogens with one attached hydrogen (secondary N) is 1. The van der Waals surface area contributed by atoms with Crippen LogP contribution in [-0.2, 0) is 11.3 Å². The van der Waals surface area contributed by atoms with Gasteiger partial charge in [0.15, 0.2) is 5.16 Å². The van der Waals surface area contributed by atoms with E-state index in [0.717, 1.165) is 23.1 Å². The Morgan fingerprint density at radius 3 is 2.45 bits per heavy atom. The molecule has 1 atom stereocenters. The molecule has 0 saturated carbocycles. The first-order valence-corrected chi connectivity index (χ1v) is 7.41. The van der Waals surface area contributed by atoms with Gasteiger partial charge in [-0.1, -0.05) is 25.6 Å². The van der Waals surface area contributed by atoms with Crippen molar-refractivity contribution < 1.29 is 9.59 Å². The molecule has 20 heavy (non-hydrogen) atoms. The molecule has 0 radical (unpaired) electrons. The van der Waals surface area contributed by atoms with Gasteiger partial charge in [0.05, 0.1) is 10.9 Å². The Balaban J connectivity index is 2.89. The first-order valence-electron chi connectivity index (χ1n) is 6.53. The fraction of sp³-hybridized carbons (Fsp3) is 0.615. The third-order valence-corrected chi connectivity index (χ3v) is 3.96. The lowest BCUT2D eigenvalue weighted by Crippen LogP contribution is -2.39. The van der Waals surface area contributed by atoms with E-state index in [1.54, 1.807) is 6.92 Å². The minimum absolute atomic E-state index is 0.406. The molecule has 1 rings (SSSR count). The third-order valence-electron chi connectivity index (χ3n) is 2.87. The van der Waals surface area contributed by atoms with Gasteiger partial charge in [0.25, 0.3) is 0 Å². The van der Waals surface area contributed by atoms with E-state index in [-0.39, 0.29) is 0 Å². The Hall–Kier alpha value is -1.50. The highest BCUT2D eigenvalue weighted by molar-refractivity contribution is 8.00. The summed E-state index contributed by atoms with van der Waals surface area (Å²) in [5, 5.41) is 2.44. The van der Waals surface area contributed by atoms with Crippen molar-refractivity contribution in [3.05, 3.63) is 11.4 Å². The molecule has 0 aromatic carbocycles. The van der Waals surface area contributed by atoms with Crippen molar-refractivity contribution in [1.82, 2.24) is 14.9 Å². The van der Waals surface area contributed by atoms with Crippen molar-refractivity contribution in [2.75, 3.05) is 0 Å². The van der Waals surface area contributed by atoms with Crippen LogP contribution in [0.5, 0.6) is 0 Å². The molecule has 0 aliphatic rings. The van der Waals surface area contributed by atoms with Crippen molar-refractivity contribution in [3.63, 3.8) is 0 Å². The summed E-state index contributed by atoms with van der Waals surface area (Å²) in [6.45, 7) is 10.8. The van der Waals surface area contributed by atoms with Crippen molar-refractivity contribution in [1.29, 1.82) is 0 Å². The van der Waals surface area contributed by atoms with Gasteiger partial charge in [-0.25, -0.2) is 9.78 Å². The minimum atomic E-state index is -0.833. The van der Waals surface area contributed by atoms with Crippen LogP contribution in [0.25, 0.3) is 0 Å². The molecule has 6 nitrogen and oxygen atoms in total. The van der Waals surface area contributed by atoms with Gasteiger partial charge in [-0.15, -0.1) is 0 Å². The van der Waals surface area contributed by atoms with Crippen molar-refractivity contribution >= 4 is 23.7 Å². The number of aryl methyl sites for hydroxylation is 1. The summed E-state index contributed by atoms with van der Waals surface area (Å²) in [7, 11) is 0. The molecule has 1 aromatic heterocycles. The Morgan fingerprint density at radius 1 is 1.35 bits per heavy atom. The van der Waals surface area contributed by atoms with Gasteiger partial charge in [-0.2, -0.15) is 0 Å². The first-order chi connectivity index (χ1) is 9.22. The summed E-state index contributed by atoms with van der Waals surface area (Å²) >= 11 is 1.33. The Bertz CT molecular complexity index is 511. The maximum atomic E-state index is 11.7. The van der Waals surface area contributed by atoms with Crippen LogP contribution in [0.4, 0.5) is 4.79 Å². The second-order valence-corrected chi connectivity index (χ2v) is 6.49. The van der Waals surface area contributed by atoms with Gasteiger partial charge in [-0.05, 0) is 26.7 Å². The van der Waals surface area contributed by atoms with Crippen molar-refractivity contribution in [2.24, 2.45) is 11.7 Å². The van der Waals surface area contributed by atoms with Gasteiger partial charge in [0, 0.05) is 12.2 Å². The average Bonchev–Trinajstić information content (AvgIpc) is 2.55. The lowest BCUT2D eigenvalue weighted by molar-refractivity contribution is -0.119. The van der Waals surface area contributed by atoms with Gasteiger partial charge >= 0.3 is 6.03 Å². The molecular weight excluding hydrogens is 276 g/mol. The number of imide groups is 1. The second kappa shape index (κ2) is 6.78. The largest absolute Gasteiger partial charge is 0.351 e. The molecule has 0 unspecified atom stereocenters. The topological polar surface area (TPSA) is 90.0 Å². The van der Waals surface area contributed by atoms with Gasteiger partial charge in [0.2, 0.25) is 5.91 Å². The van der Waals surface area contributed by atoms with E-state index < -0.39 is 17.2 Å². The van der Waals surface area contributed by atoms with E-state index >= 15 is 0 Å². The van der Waals surface area contributed by atoms with Crippen LogP contribution in [0.1, 0.15) is 32.2 Å². The minimum Gasteiger partial charge on any atom is -0.351 e. The zero-order chi connectivity index (χ0) is 15.4. The molecule has 0 fully saturated rings. The number of primary amides is 1. The normalized spacial score (nSPS) is 12.5. The number of rotatable bonds is 5. The van der Waals surface area contributed by atoms with Crippen LogP contribution in [0.3, 0.4) is 0 Å². The van der Waals surface area contributed by atoms with E-state index in [0.29, 0.717) is 5.92 Å². The molecule has 0 saturated heterocycles. The first kappa shape index (κ1) is 16.6. The molecule has 3 amide bonds. The van der Waals surface area contributed by atoms with Crippen LogP contribution >= 0.6 is 11.8 Å². The zero-order valence-corrected chi connectivity index (χ0v) is 13.4. The van der Waals surface area contributed by atoms with Crippen molar-refractivity contribution in [2.45, 2.75) is 51.6 Å². The number of hydrogen-bond donors (Lipinski definition) is 2. The van der Waals surface area contributed by atoms with Crippen LogP contribution in [-0.4, -0.2) is 26.7 Å². The number of carbonyl (C=O) groups is 2. The number of imidazole rings is 1. The molecule has 0 aliphatic carbocycles. The molecule has 0 bridgehead atoms. The Kier molecular flexibility index (Phi) is 5.62. The predicted molar refractivity (Wildman–Crippen MR) is 79.6 cm³/mol. The maximum absolute atomic E-state index is 11.7. The summed E-state index contributed by atoms with van der Waals surface area (Å²) in [5.41, 5.74) is 7.00. The lowest BCUT2D eigenvalue weighted by Gasteiger charge is -2.14. The van der Waals surface area contributed by atoms with E-state index in [1.807, 2.05) is 13.8 Å². The molecular formula is C13H22N4O2S. The van der Waals surface area contributed by atoms with Gasteiger partial charge in [0.1, 0.15) is 0 Å². The third kappa shape index (κ3) is 4.26. The molecule has 1 heterocycles. The summed E-state index contributed by atoms with van der Waals surface area (Å²) in [6.07, 6.45) is 0. The smallest absolute Gasteiger partial charge is 0.318 e. The monoisotopic (exact) mass is 298 g/mol. The lowest BCUT2D eigenvalue weighted by atomic mass is 10.2. The highest BCUT2D eigenvalue weighted by atomic mass is 32.2. The van der Waals surface area contributed by atoms with E-state index in [1.165, 1.54) is 11.8 Å². The summed E-state index contributed by atoms with van der Waals surface area (Å²) < 4.78 is 2.11.